The summed E-state index contributed by atoms with van der Waals surface area (Å²) in [6.07, 6.45) is 2.05. The van der Waals surface area contributed by atoms with Crippen molar-refractivity contribution in [1.29, 1.82) is 0 Å². The molecule has 0 radical (unpaired) electrons. The first-order valence-corrected chi connectivity index (χ1v) is 12.0. The lowest BCUT2D eigenvalue weighted by molar-refractivity contribution is -0.0383. The van der Waals surface area contributed by atoms with Crippen molar-refractivity contribution < 1.29 is 9.84 Å². The van der Waals surface area contributed by atoms with Crippen molar-refractivity contribution in [3.63, 3.8) is 0 Å². The topological polar surface area (TPSA) is 61.7 Å². The van der Waals surface area contributed by atoms with Crippen LogP contribution in [0.1, 0.15) is 37.6 Å². The minimum absolute atomic E-state index is 0.114. The molecule has 0 aliphatic carbocycles. The molecule has 1 N–H and O–H groups in total. The van der Waals surface area contributed by atoms with Gasteiger partial charge in [-0.2, -0.15) is 0 Å². The Morgan fingerprint density at radius 2 is 2.00 bits per heavy atom. The van der Waals surface area contributed by atoms with Gasteiger partial charge in [0.05, 0.1) is 29.0 Å². The summed E-state index contributed by atoms with van der Waals surface area (Å²) >= 11 is 3.60. The summed E-state index contributed by atoms with van der Waals surface area (Å²) in [4.78, 5) is 16.1. The first kappa shape index (κ1) is 20.3. The zero-order valence-electron chi connectivity index (χ0n) is 17.0. The van der Waals surface area contributed by atoms with E-state index in [0.29, 0.717) is 6.61 Å². The van der Waals surface area contributed by atoms with Crippen molar-refractivity contribution in [2.75, 3.05) is 50.0 Å². The van der Waals surface area contributed by atoms with Crippen molar-refractivity contribution in [2.45, 2.75) is 51.0 Å². The van der Waals surface area contributed by atoms with Gasteiger partial charge in [0.1, 0.15) is 0 Å². The molecule has 2 aliphatic rings. The Bertz CT molecular complexity index is 831. The van der Waals surface area contributed by atoms with E-state index in [1.807, 2.05) is 11.3 Å². The summed E-state index contributed by atoms with van der Waals surface area (Å²) in [5, 5.41) is 10.1. The minimum atomic E-state index is -0.114. The molecule has 4 heterocycles. The van der Waals surface area contributed by atoms with Crippen molar-refractivity contribution in [3.8, 4) is 0 Å². The molecule has 6 nitrogen and oxygen atoms in total. The maximum Gasteiger partial charge on any atom is 0.190 e. The van der Waals surface area contributed by atoms with E-state index in [9.17, 15) is 5.11 Å². The average molecular weight is 423 g/mol. The Kier molecular flexibility index (Phi) is 6.13. The summed E-state index contributed by atoms with van der Waals surface area (Å²) in [6.45, 7) is 11.9. The van der Waals surface area contributed by atoms with E-state index in [1.54, 1.807) is 11.8 Å². The number of ether oxygens (including phenoxy) is 1. The number of rotatable bonds is 6. The number of thioether (sulfide) groups is 1. The summed E-state index contributed by atoms with van der Waals surface area (Å²) in [6, 6.07) is 0. The average Bonchev–Trinajstić information content (AvgIpc) is 3.02. The number of aromatic nitrogens is 2. The Morgan fingerprint density at radius 1 is 1.21 bits per heavy atom. The van der Waals surface area contributed by atoms with E-state index < -0.39 is 0 Å². The van der Waals surface area contributed by atoms with Gasteiger partial charge in [-0.1, -0.05) is 18.7 Å². The molecule has 8 heteroatoms. The van der Waals surface area contributed by atoms with Gasteiger partial charge in [-0.05, 0) is 20.3 Å². The van der Waals surface area contributed by atoms with Crippen LogP contribution >= 0.6 is 23.1 Å². The third kappa shape index (κ3) is 4.16. The molecule has 0 aromatic carbocycles. The fourth-order valence-corrected chi connectivity index (χ4v) is 6.00. The van der Waals surface area contributed by atoms with Gasteiger partial charge in [0, 0.05) is 55.3 Å². The van der Waals surface area contributed by atoms with Gasteiger partial charge < -0.3 is 14.7 Å². The second-order valence-corrected chi connectivity index (χ2v) is 10.3. The number of nitrogens with zero attached hydrogens (tertiary/aromatic N) is 4. The van der Waals surface area contributed by atoms with E-state index in [2.05, 4.69) is 30.6 Å². The number of piperazine rings is 1. The largest absolute Gasteiger partial charge is 0.395 e. The van der Waals surface area contributed by atoms with Crippen LogP contribution in [0.4, 0.5) is 5.82 Å². The van der Waals surface area contributed by atoms with Crippen LogP contribution in [0.5, 0.6) is 0 Å². The van der Waals surface area contributed by atoms with E-state index >= 15 is 0 Å². The molecule has 4 rings (SSSR count). The zero-order chi connectivity index (χ0) is 19.7. The molecule has 0 bridgehead atoms. The van der Waals surface area contributed by atoms with Gasteiger partial charge in [0.15, 0.2) is 11.0 Å². The molecule has 2 aromatic rings. The number of thiophene rings is 1. The lowest BCUT2D eigenvalue weighted by Crippen LogP contribution is -2.47. The zero-order valence-corrected chi connectivity index (χ0v) is 18.7. The molecule has 0 saturated carbocycles. The molecule has 154 valence electrons. The molecule has 28 heavy (non-hydrogen) atoms. The molecule has 1 saturated heterocycles. The van der Waals surface area contributed by atoms with Gasteiger partial charge in [0.25, 0.3) is 0 Å². The maximum atomic E-state index is 9.21. The maximum absolute atomic E-state index is 9.21. The van der Waals surface area contributed by atoms with Crippen molar-refractivity contribution in [1.82, 2.24) is 14.9 Å². The van der Waals surface area contributed by atoms with Crippen LogP contribution in [-0.4, -0.2) is 70.7 Å². The third-order valence-electron chi connectivity index (χ3n) is 5.39. The second-order valence-electron chi connectivity index (χ2n) is 8.14. The molecule has 1 fully saturated rings. The number of β-amino-alcohol motifs (C(OH)–C–C–N with tert-alkyl or cyclic N) is 1. The summed E-state index contributed by atoms with van der Waals surface area (Å²) < 4.78 is 7.31. The van der Waals surface area contributed by atoms with E-state index in [-0.39, 0.29) is 12.2 Å². The quantitative estimate of drug-likeness (QED) is 0.567. The molecule has 0 atom stereocenters. The second kappa shape index (κ2) is 8.44. The summed E-state index contributed by atoms with van der Waals surface area (Å²) in [7, 11) is 0. The fraction of sp³-hybridized carbons (Fsp3) is 0.700. The van der Waals surface area contributed by atoms with Crippen LogP contribution < -0.4 is 4.90 Å². The Morgan fingerprint density at radius 3 is 2.71 bits per heavy atom. The van der Waals surface area contributed by atoms with Crippen LogP contribution in [0.3, 0.4) is 0 Å². The number of hydrogen-bond acceptors (Lipinski definition) is 8. The number of aliphatic hydroxyl groups is 1. The molecular formula is C20H30N4O2S2. The SMILES string of the molecule is CCCSc1nc(N2CCN(CCO)CC2)c2sc3c(c2n1)COC(C)(C)C3. The minimum Gasteiger partial charge on any atom is -0.395 e. The van der Waals surface area contributed by atoms with Crippen LogP contribution in [-0.2, 0) is 17.8 Å². The van der Waals surface area contributed by atoms with Crippen molar-refractivity contribution in [3.05, 3.63) is 10.4 Å². The van der Waals surface area contributed by atoms with E-state index in [0.717, 1.165) is 67.8 Å². The molecule has 0 amide bonds. The molecule has 0 unspecified atom stereocenters. The van der Waals surface area contributed by atoms with Crippen LogP contribution in [0, 0.1) is 0 Å². The van der Waals surface area contributed by atoms with Gasteiger partial charge in [-0.3, -0.25) is 4.90 Å². The first-order chi connectivity index (χ1) is 13.5. The third-order valence-corrected chi connectivity index (χ3v) is 7.66. The van der Waals surface area contributed by atoms with E-state index in [1.165, 1.54) is 15.1 Å². The highest BCUT2D eigenvalue weighted by molar-refractivity contribution is 7.99. The Hall–Kier alpha value is -0.930. The lowest BCUT2D eigenvalue weighted by atomic mass is 9.98. The Labute approximate surface area is 175 Å². The van der Waals surface area contributed by atoms with Crippen LogP contribution in [0.2, 0.25) is 0 Å². The fourth-order valence-electron chi connectivity index (χ4n) is 3.83. The molecular weight excluding hydrogens is 392 g/mol. The number of anilines is 1. The highest BCUT2D eigenvalue weighted by Gasteiger charge is 2.31. The summed E-state index contributed by atoms with van der Waals surface area (Å²) in [5.74, 6) is 2.12. The van der Waals surface area contributed by atoms with Gasteiger partial charge in [0.2, 0.25) is 0 Å². The normalized spacial score (nSPS) is 19.9. The lowest BCUT2D eigenvalue weighted by Gasteiger charge is -2.35. The van der Waals surface area contributed by atoms with Crippen LogP contribution in [0.15, 0.2) is 5.16 Å². The van der Waals surface area contributed by atoms with Gasteiger partial charge in [-0.15, -0.1) is 11.3 Å². The Balaban J connectivity index is 1.71. The van der Waals surface area contributed by atoms with Gasteiger partial charge in [-0.25, -0.2) is 9.97 Å². The highest BCUT2D eigenvalue weighted by Crippen LogP contribution is 2.42. The predicted molar refractivity (Wildman–Crippen MR) is 117 cm³/mol. The predicted octanol–water partition coefficient (Wildman–Crippen LogP) is 3.16. The summed E-state index contributed by atoms with van der Waals surface area (Å²) in [5.41, 5.74) is 2.24. The first-order valence-electron chi connectivity index (χ1n) is 10.2. The van der Waals surface area contributed by atoms with Crippen molar-refractivity contribution in [2.24, 2.45) is 0 Å². The van der Waals surface area contributed by atoms with Crippen molar-refractivity contribution >= 4 is 39.1 Å². The monoisotopic (exact) mass is 422 g/mol. The van der Waals surface area contributed by atoms with Gasteiger partial charge >= 0.3 is 0 Å². The molecule has 2 aliphatic heterocycles. The number of fused-ring (bicyclic) bond motifs is 3. The molecule has 2 aromatic heterocycles. The standard InChI is InChI=1S/C20H30N4O2S2/c1-4-11-27-19-21-16-14-13-26-20(2,3)12-15(14)28-17(16)18(22-19)24-7-5-23(6-8-24)9-10-25/h25H,4-13H2,1-3H3. The molecule has 0 spiro atoms. The van der Waals surface area contributed by atoms with E-state index in [4.69, 9.17) is 14.7 Å². The smallest absolute Gasteiger partial charge is 0.190 e. The van der Waals surface area contributed by atoms with Crippen LogP contribution in [0.25, 0.3) is 10.2 Å². The highest BCUT2D eigenvalue weighted by atomic mass is 32.2. The number of aliphatic hydroxyl groups excluding tert-OH is 1. The number of hydrogen-bond donors (Lipinski definition) is 1.